The quantitative estimate of drug-likeness (QED) is 0.501. The number of nitrogens with zero attached hydrogens (tertiary/aromatic N) is 2. The molecule has 0 radical (unpaired) electrons. The number of anilines is 1. The molecule has 0 saturated carbocycles. The lowest BCUT2D eigenvalue weighted by molar-refractivity contribution is 0.798. The van der Waals surface area contributed by atoms with Crippen molar-refractivity contribution in [3.05, 3.63) is 53.7 Å². The van der Waals surface area contributed by atoms with Crippen molar-refractivity contribution in [2.45, 2.75) is 44.0 Å². The van der Waals surface area contributed by atoms with E-state index in [1.54, 1.807) is 11.8 Å². The van der Waals surface area contributed by atoms with Crippen molar-refractivity contribution < 1.29 is 0 Å². The summed E-state index contributed by atoms with van der Waals surface area (Å²) in [4.78, 5) is 8.80. The molecule has 0 aliphatic heterocycles. The van der Waals surface area contributed by atoms with E-state index in [9.17, 15) is 0 Å². The molecule has 4 nitrogen and oxygen atoms in total. The average molecular weight is 328 g/mol. The van der Waals surface area contributed by atoms with Gasteiger partial charge in [-0.25, -0.2) is 9.98 Å². The summed E-state index contributed by atoms with van der Waals surface area (Å²) in [7, 11) is 0. The van der Waals surface area contributed by atoms with Crippen LogP contribution in [0.4, 0.5) is 5.69 Å². The fraction of sp³-hybridized carbons (Fsp3) is 0.333. The minimum absolute atomic E-state index is 0.140. The second kappa shape index (κ2) is 7.51. The van der Waals surface area contributed by atoms with Crippen LogP contribution in [0, 0.1) is 6.92 Å². The number of aryl methyl sites for hydroxylation is 1. The van der Waals surface area contributed by atoms with Crippen LogP contribution in [0.25, 0.3) is 0 Å². The second-order valence-corrected chi connectivity index (χ2v) is 8.26. The third-order valence-corrected chi connectivity index (χ3v) is 3.98. The lowest BCUT2D eigenvalue weighted by atomic mass is 10.2. The van der Waals surface area contributed by atoms with Crippen LogP contribution >= 0.6 is 11.8 Å². The van der Waals surface area contributed by atoms with Crippen LogP contribution < -0.4 is 11.1 Å². The number of aliphatic imine (C=N–C) groups is 1. The normalized spacial score (nSPS) is 12.3. The van der Waals surface area contributed by atoms with Gasteiger partial charge in [-0.3, -0.25) is 0 Å². The van der Waals surface area contributed by atoms with E-state index in [0.29, 0.717) is 12.5 Å². The molecule has 0 bridgehead atoms. The van der Waals surface area contributed by atoms with Crippen LogP contribution in [-0.2, 0) is 6.54 Å². The number of aromatic nitrogens is 1. The topological polar surface area (TPSA) is 63.3 Å². The standard InChI is InChI=1S/C18H24N4S/c1-13-6-5-7-15(10-13)22-17(19)21-12-14-8-9-20-16(11-14)23-18(2,3)4/h5-11H,12H2,1-4H3,(H3,19,21,22). The van der Waals surface area contributed by atoms with Crippen molar-refractivity contribution in [1.82, 2.24) is 4.98 Å². The summed E-state index contributed by atoms with van der Waals surface area (Å²) >= 11 is 1.75. The Morgan fingerprint density at radius 3 is 2.74 bits per heavy atom. The van der Waals surface area contributed by atoms with Gasteiger partial charge in [0, 0.05) is 16.6 Å². The zero-order valence-electron chi connectivity index (χ0n) is 14.1. The van der Waals surface area contributed by atoms with Gasteiger partial charge in [-0.05, 0) is 42.3 Å². The number of hydrogen-bond acceptors (Lipinski definition) is 3. The molecule has 3 N–H and O–H groups in total. The number of thioether (sulfide) groups is 1. The number of benzene rings is 1. The van der Waals surface area contributed by atoms with E-state index in [2.05, 4.69) is 42.1 Å². The first-order valence-electron chi connectivity index (χ1n) is 7.59. The molecule has 0 spiro atoms. The van der Waals surface area contributed by atoms with Gasteiger partial charge < -0.3 is 11.1 Å². The Labute approximate surface area is 142 Å². The van der Waals surface area contributed by atoms with Gasteiger partial charge in [0.1, 0.15) is 0 Å². The number of hydrogen-bond donors (Lipinski definition) is 2. The van der Waals surface area contributed by atoms with Crippen molar-refractivity contribution in [2.24, 2.45) is 10.7 Å². The van der Waals surface area contributed by atoms with Crippen LogP contribution in [0.5, 0.6) is 0 Å². The smallest absolute Gasteiger partial charge is 0.193 e. The zero-order chi connectivity index (χ0) is 16.9. The van der Waals surface area contributed by atoms with E-state index >= 15 is 0 Å². The van der Waals surface area contributed by atoms with Crippen molar-refractivity contribution in [3.63, 3.8) is 0 Å². The Hall–Kier alpha value is -2.01. The molecular formula is C18H24N4S. The Morgan fingerprint density at radius 1 is 1.26 bits per heavy atom. The number of nitrogens with two attached hydrogens (primary N) is 1. The van der Waals surface area contributed by atoms with E-state index in [-0.39, 0.29) is 4.75 Å². The highest BCUT2D eigenvalue weighted by molar-refractivity contribution is 8.00. The van der Waals surface area contributed by atoms with E-state index in [0.717, 1.165) is 16.3 Å². The minimum Gasteiger partial charge on any atom is -0.370 e. The van der Waals surface area contributed by atoms with Gasteiger partial charge in [0.2, 0.25) is 0 Å². The van der Waals surface area contributed by atoms with E-state index < -0.39 is 0 Å². The fourth-order valence-corrected chi connectivity index (χ4v) is 2.96. The maximum absolute atomic E-state index is 5.96. The Bertz CT molecular complexity index is 689. The molecule has 0 amide bonds. The highest BCUT2D eigenvalue weighted by atomic mass is 32.2. The van der Waals surface area contributed by atoms with Crippen LogP contribution in [0.1, 0.15) is 31.9 Å². The third kappa shape index (κ3) is 6.32. The summed E-state index contributed by atoms with van der Waals surface area (Å²) < 4.78 is 0.140. The molecule has 1 aromatic carbocycles. The van der Waals surface area contributed by atoms with Gasteiger partial charge in [0.05, 0.1) is 11.6 Å². The number of rotatable bonds is 4. The summed E-state index contributed by atoms with van der Waals surface area (Å²) in [6, 6.07) is 12.1. The predicted octanol–water partition coefficient (Wildman–Crippen LogP) is 4.21. The SMILES string of the molecule is Cc1cccc(NC(N)=NCc2ccnc(SC(C)(C)C)c2)c1. The van der Waals surface area contributed by atoms with Gasteiger partial charge in [0.15, 0.2) is 5.96 Å². The van der Waals surface area contributed by atoms with E-state index in [1.165, 1.54) is 5.56 Å². The van der Waals surface area contributed by atoms with E-state index in [4.69, 9.17) is 5.73 Å². The lowest BCUT2D eigenvalue weighted by Gasteiger charge is -2.16. The summed E-state index contributed by atoms with van der Waals surface area (Å²) in [6.07, 6.45) is 1.82. The van der Waals surface area contributed by atoms with Gasteiger partial charge in [-0.15, -0.1) is 11.8 Å². The minimum atomic E-state index is 0.140. The summed E-state index contributed by atoms with van der Waals surface area (Å²) in [6.45, 7) is 9.10. The molecule has 23 heavy (non-hydrogen) atoms. The summed E-state index contributed by atoms with van der Waals surface area (Å²) in [5.74, 6) is 0.414. The van der Waals surface area contributed by atoms with Crippen LogP contribution in [0.15, 0.2) is 52.6 Å². The van der Waals surface area contributed by atoms with Crippen LogP contribution in [0.2, 0.25) is 0 Å². The second-order valence-electron chi connectivity index (χ2n) is 6.41. The highest BCUT2D eigenvalue weighted by Crippen LogP contribution is 2.30. The third-order valence-electron chi connectivity index (χ3n) is 2.93. The summed E-state index contributed by atoms with van der Waals surface area (Å²) in [5, 5.41) is 4.12. The average Bonchev–Trinajstić information content (AvgIpc) is 2.44. The molecule has 0 unspecified atom stereocenters. The predicted molar refractivity (Wildman–Crippen MR) is 100.0 cm³/mol. The van der Waals surface area contributed by atoms with Crippen molar-refractivity contribution in [3.8, 4) is 0 Å². The number of pyridine rings is 1. The lowest BCUT2D eigenvalue weighted by Crippen LogP contribution is -2.22. The molecule has 0 aliphatic carbocycles. The Kier molecular flexibility index (Phi) is 5.66. The van der Waals surface area contributed by atoms with Crippen molar-refractivity contribution in [2.75, 3.05) is 5.32 Å². The van der Waals surface area contributed by atoms with Gasteiger partial charge >= 0.3 is 0 Å². The number of nitrogens with one attached hydrogen (secondary N) is 1. The largest absolute Gasteiger partial charge is 0.370 e. The molecule has 0 aliphatic rings. The molecule has 1 aromatic heterocycles. The van der Waals surface area contributed by atoms with Gasteiger partial charge in [-0.1, -0.05) is 32.9 Å². The molecular weight excluding hydrogens is 304 g/mol. The summed E-state index contributed by atoms with van der Waals surface area (Å²) in [5.41, 5.74) is 9.19. The number of guanidine groups is 1. The Balaban J connectivity index is 2.00. The molecule has 0 atom stereocenters. The maximum Gasteiger partial charge on any atom is 0.193 e. The molecule has 1 heterocycles. The Morgan fingerprint density at radius 2 is 2.04 bits per heavy atom. The van der Waals surface area contributed by atoms with Crippen LogP contribution in [-0.4, -0.2) is 15.7 Å². The van der Waals surface area contributed by atoms with Crippen molar-refractivity contribution in [1.29, 1.82) is 0 Å². The molecule has 122 valence electrons. The monoisotopic (exact) mass is 328 g/mol. The fourth-order valence-electron chi connectivity index (χ4n) is 2.01. The van der Waals surface area contributed by atoms with Gasteiger partial charge in [0.25, 0.3) is 0 Å². The van der Waals surface area contributed by atoms with Crippen molar-refractivity contribution >= 4 is 23.4 Å². The molecule has 0 fully saturated rings. The molecule has 0 saturated heterocycles. The zero-order valence-corrected chi connectivity index (χ0v) is 14.9. The maximum atomic E-state index is 5.96. The first kappa shape index (κ1) is 17.3. The first-order valence-corrected chi connectivity index (χ1v) is 8.41. The first-order chi connectivity index (χ1) is 10.8. The van der Waals surface area contributed by atoms with Gasteiger partial charge in [-0.2, -0.15) is 0 Å². The molecule has 2 aromatic rings. The molecule has 5 heteroatoms. The van der Waals surface area contributed by atoms with E-state index in [1.807, 2.05) is 43.5 Å². The highest BCUT2D eigenvalue weighted by Gasteiger charge is 2.13. The molecule has 2 rings (SSSR count). The van der Waals surface area contributed by atoms with Crippen LogP contribution in [0.3, 0.4) is 0 Å².